The molecule has 2 rings (SSSR count). The third-order valence-corrected chi connectivity index (χ3v) is 4.75. The molecular formula is C24H32N4O9. The summed E-state index contributed by atoms with van der Waals surface area (Å²) >= 11 is 0. The van der Waals surface area contributed by atoms with E-state index in [1.54, 1.807) is 38.1 Å². The highest BCUT2D eigenvalue weighted by atomic mass is 16.7. The smallest absolute Gasteiger partial charge is 0.411 e. The summed E-state index contributed by atoms with van der Waals surface area (Å²) in [6.07, 6.45) is -1.86. The van der Waals surface area contributed by atoms with Gasteiger partial charge in [0.2, 0.25) is 11.6 Å². The molecule has 2 unspecified atom stereocenters. The zero-order valence-electron chi connectivity index (χ0n) is 21.1. The molecule has 37 heavy (non-hydrogen) atoms. The van der Waals surface area contributed by atoms with E-state index in [2.05, 4.69) is 20.3 Å². The van der Waals surface area contributed by atoms with E-state index in [0.29, 0.717) is 0 Å². The van der Waals surface area contributed by atoms with Crippen molar-refractivity contribution in [1.82, 2.24) is 21.3 Å². The lowest BCUT2D eigenvalue weighted by Crippen LogP contribution is -2.64. The van der Waals surface area contributed by atoms with Crippen LogP contribution in [0.3, 0.4) is 0 Å². The van der Waals surface area contributed by atoms with Gasteiger partial charge >= 0.3 is 24.1 Å². The molecule has 1 aromatic carbocycles. The number of rotatable bonds is 12. The number of hydrogen-bond donors (Lipinski definition) is 3. The van der Waals surface area contributed by atoms with Gasteiger partial charge in [-0.25, -0.2) is 14.4 Å². The molecule has 0 radical (unpaired) electrons. The molecule has 202 valence electrons. The molecule has 0 saturated carbocycles. The van der Waals surface area contributed by atoms with Crippen molar-refractivity contribution in [3.05, 3.63) is 53.9 Å². The van der Waals surface area contributed by atoms with Gasteiger partial charge in [0.25, 0.3) is 0 Å². The first-order chi connectivity index (χ1) is 17.7. The molecular weight excluding hydrogens is 488 g/mol. The summed E-state index contributed by atoms with van der Waals surface area (Å²) in [5.74, 6) is -3.87. The summed E-state index contributed by atoms with van der Waals surface area (Å²) in [7, 11) is 0. The highest BCUT2D eigenvalue weighted by Gasteiger charge is 2.39. The maximum atomic E-state index is 12.6. The Labute approximate surface area is 214 Å². The molecule has 3 amide bonds. The molecule has 13 heteroatoms. The fourth-order valence-corrected chi connectivity index (χ4v) is 2.80. The van der Waals surface area contributed by atoms with E-state index in [-0.39, 0.29) is 37.7 Å². The Morgan fingerprint density at radius 1 is 1.00 bits per heavy atom. The predicted molar refractivity (Wildman–Crippen MR) is 127 cm³/mol. The van der Waals surface area contributed by atoms with E-state index >= 15 is 0 Å². The van der Waals surface area contributed by atoms with Gasteiger partial charge in [-0.1, -0.05) is 63.2 Å². The molecule has 0 aliphatic rings. The van der Waals surface area contributed by atoms with Crippen molar-refractivity contribution in [2.45, 2.75) is 59.1 Å². The topological polar surface area (TPSA) is 167 Å². The first-order valence-electron chi connectivity index (χ1n) is 11.7. The zero-order valence-corrected chi connectivity index (χ0v) is 21.1. The minimum Gasteiger partial charge on any atom is -0.449 e. The quantitative estimate of drug-likeness (QED) is 0.215. The van der Waals surface area contributed by atoms with Crippen LogP contribution in [0, 0.1) is 5.92 Å². The first-order valence-corrected chi connectivity index (χ1v) is 11.7. The lowest BCUT2D eigenvalue weighted by Gasteiger charge is -2.35. The number of nitrogens with one attached hydrogen (secondary N) is 3. The Kier molecular flexibility index (Phi) is 11.4. The van der Waals surface area contributed by atoms with Crippen molar-refractivity contribution >= 4 is 24.1 Å². The van der Waals surface area contributed by atoms with Gasteiger partial charge in [-0.15, -0.1) is 0 Å². The van der Waals surface area contributed by atoms with Gasteiger partial charge in [-0.05, 0) is 17.9 Å². The number of benzene rings is 1. The molecule has 1 aromatic heterocycles. The molecule has 2 atom stereocenters. The van der Waals surface area contributed by atoms with Gasteiger partial charge in [0.15, 0.2) is 6.10 Å². The van der Waals surface area contributed by atoms with E-state index in [0.717, 1.165) is 5.56 Å². The minimum absolute atomic E-state index is 0.0293. The molecule has 3 N–H and O–H groups in total. The Morgan fingerprint density at radius 2 is 1.68 bits per heavy atom. The van der Waals surface area contributed by atoms with Gasteiger partial charge in [-0.3, -0.25) is 15.4 Å². The van der Waals surface area contributed by atoms with E-state index in [1.165, 1.54) is 12.3 Å². The Bertz CT molecular complexity index is 1010. The summed E-state index contributed by atoms with van der Waals surface area (Å²) in [5, 5.41) is 8.31. The van der Waals surface area contributed by atoms with Crippen molar-refractivity contribution in [2.75, 3.05) is 6.61 Å². The lowest BCUT2D eigenvalue weighted by atomic mass is 10.2. The largest absolute Gasteiger partial charge is 0.449 e. The summed E-state index contributed by atoms with van der Waals surface area (Å²) in [6.45, 7) is 6.98. The average molecular weight is 521 g/mol. The van der Waals surface area contributed by atoms with Crippen molar-refractivity contribution in [3.63, 3.8) is 0 Å². The van der Waals surface area contributed by atoms with Gasteiger partial charge in [0.1, 0.15) is 6.61 Å². The summed E-state index contributed by atoms with van der Waals surface area (Å²) in [4.78, 5) is 54.5. The van der Waals surface area contributed by atoms with Gasteiger partial charge in [0.05, 0.1) is 12.8 Å². The highest BCUT2D eigenvalue weighted by molar-refractivity contribution is 5.91. The molecule has 0 saturated heterocycles. The van der Waals surface area contributed by atoms with Crippen LogP contribution in [0.1, 0.15) is 56.7 Å². The standard InChI is InChI=1S/C24H32N4O9/c1-5-18(21(30)37-28-20(29)19-12-13-25-36-19)35-24(6-2,26-22(31)33-14-16(3)4)27-23(32)34-15-17-10-8-7-9-11-17/h7-13,16,18H,5-6,14-15H2,1-4H3,(H,26,31)(H,27,32)(H,28,29). The van der Waals surface area contributed by atoms with Crippen LogP contribution < -0.4 is 16.1 Å². The van der Waals surface area contributed by atoms with Gasteiger partial charge in [0, 0.05) is 12.5 Å². The third kappa shape index (κ3) is 9.80. The number of alkyl carbamates (subject to hydrolysis) is 2. The van der Waals surface area contributed by atoms with Crippen LogP contribution >= 0.6 is 0 Å². The monoisotopic (exact) mass is 520 g/mol. The van der Waals surface area contributed by atoms with Gasteiger partial charge in [-0.2, -0.15) is 5.48 Å². The molecule has 1 heterocycles. The SMILES string of the molecule is CCC(OC(CC)(NC(=O)OCc1ccccc1)NC(=O)OCC(C)C)C(=O)ONC(=O)c1ccno1. The number of hydrogen-bond acceptors (Lipinski definition) is 10. The summed E-state index contributed by atoms with van der Waals surface area (Å²) in [5.41, 5.74) is 2.67. The number of aromatic nitrogens is 1. The van der Waals surface area contributed by atoms with Crippen LogP contribution in [0.4, 0.5) is 9.59 Å². The van der Waals surface area contributed by atoms with Crippen molar-refractivity contribution in [3.8, 4) is 0 Å². The summed E-state index contributed by atoms with van der Waals surface area (Å²) in [6, 6.07) is 10.2. The van der Waals surface area contributed by atoms with E-state index in [9.17, 15) is 19.2 Å². The zero-order chi connectivity index (χ0) is 27.3. The van der Waals surface area contributed by atoms with Crippen LogP contribution in [-0.2, 0) is 30.4 Å². The second-order valence-electron chi connectivity index (χ2n) is 8.23. The number of ether oxygens (including phenoxy) is 3. The molecule has 0 fully saturated rings. The molecule has 0 aliphatic heterocycles. The Balaban J connectivity index is 2.11. The summed E-state index contributed by atoms with van der Waals surface area (Å²) < 4.78 is 20.9. The normalized spacial score (nSPS) is 13.1. The van der Waals surface area contributed by atoms with E-state index in [1.807, 2.05) is 25.4 Å². The fourth-order valence-electron chi connectivity index (χ4n) is 2.80. The highest BCUT2D eigenvalue weighted by Crippen LogP contribution is 2.17. The molecule has 2 aromatic rings. The van der Waals surface area contributed by atoms with Crippen LogP contribution in [-0.4, -0.2) is 47.8 Å². The number of carbonyl (C=O) groups is 4. The van der Waals surface area contributed by atoms with E-state index < -0.39 is 36.0 Å². The molecule has 13 nitrogen and oxygen atoms in total. The van der Waals surface area contributed by atoms with Crippen LogP contribution in [0.5, 0.6) is 0 Å². The lowest BCUT2D eigenvalue weighted by molar-refractivity contribution is -0.184. The van der Waals surface area contributed by atoms with Crippen molar-refractivity contribution < 1.29 is 42.7 Å². The average Bonchev–Trinajstić information content (AvgIpc) is 3.43. The van der Waals surface area contributed by atoms with Crippen LogP contribution in [0.15, 0.2) is 47.1 Å². The number of carbonyl (C=O) groups excluding carboxylic acids is 4. The minimum atomic E-state index is -1.91. The molecule has 0 bridgehead atoms. The van der Waals surface area contributed by atoms with Crippen LogP contribution in [0.25, 0.3) is 0 Å². The molecule has 0 aliphatic carbocycles. The van der Waals surface area contributed by atoms with E-state index in [4.69, 9.17) is 19.0 Å². The van der Waals surface area contributed by atoms with Crippen molar-refractivity contribution in [1.29, 1.82) is 0 Å². The third-order valence-electron chi connectivity index (χ3n) is 4.75. The second-order valence-corrected chi connectivity index (χ2v) is 8.23. The Hall–Kier alpha value is -4.13. The second kappa shape index (κ2) is 14.4. The van der Waals surface area contributed by atoms with Gasteiger partial charge < -0.3 is 23.6 Å². The first kappa shape index (κ1) is 29.1. The fraction of sp³-hybridized carbons (Fsp3) is 0.458. The number of hydroxylamine groups is 1. The predicted octanol–water partition coefficient (Wildman–Crippen LogP) is 3.03. The van der Waals surface area contributed by atoms with Crippen molar-refractivity contribution in [2.24, 2.45) is 5.92 Å². The Morgan fingerprint density at radius 3 is 2.24 bits per heavy atom. The number of amides is 3. The molecule has 0 spiro atoms. The van der Waals surface area contributed by atoms with Crippen LogP contribution in [0.2, 0.25) is 0 Å². The maximum absolute atomic E-state index is 12.6. The number of nitrogens with zero attached hydrogens (tertiary/aromatic N) is 1. The maximum Gasteiger partial charge on any atom is 0.411 e.